The highest BCUT2D eigenvalue weighted by Crippen LogP contribution is 2.59. The van der Waals surface area contributed by atoms with Crippen molar-refractivity contribution in [3.63, 3.8) is 0 Å². The molecule has 0 aromatic rings. The number of rotatable bonds is 4. The van der Waals surface area contributed by atoms with Crippen molar-refractivity contribution < 1.29 is 9.47 Å². The Labute approximate surface area is 161 Å². The molecule has 2 aliphatic heterocycles. The van der Waals surface area contributed by atoms with Crippen LogP contribution in [0, 0.1) is 22.2 Å². The van der Waals surface area contributed by atoms with Gasteiger partial charge in [-0.3, -0.25) is 0 Å². The predicted octanol–water partition coefficient (Wildman–Crippen LogP) is 6.52. The molecule has 0 aromatic carbocycles. The van der Waals surface area contributed by atoms with Crippen LogP contribution in [0.3, 0.4) is 0 Å². The third-order valence-electron chi connectivity index (χ3n) is 9.41. The molecule has 2 aliphatic carbocycles. The van der Waals surface area contributed by atoms with Gasteiger partial charge < -0.3 is 9.47 Å². The zero-order valence-corrected chi connectivity index (χ0v) is 17.7. The first-order valence-electron chi connectivity index (χ1n) is 11.7. The summed E-state index contributed by atoms with van der Waals surface area (Å²) in [4.78, 5) is 0. The van der Waals surface area contributed by atoms with Crippen molar-refractivity contribution in [3.05, 3.63) is 0 Å². The van der Waals surface area contributed by atoms with Gasteiger partial charge in [-0.1, -0.05) is 40.0 Å². The Morgan fingerprint density at radius 2 is 1.62 bits per heavy atom. The van der Waals surface area contributed by atoms with E-state index in [0.29, 0.717) is 28.5 Å². The topological polar surface area (TPSA) is 18.5 Å². The fraction of sp³-hybridized carbons (Fsp3) is 1.00. The summed E-state index contributed by atoms with van der Waals surface area (Å²) < 4.78 is 12.5. The number of hydrogen-bond donors (Lipinski definition) is 0. The monoisotopic (exact) mass is 362 g/mol. The lowest BCUT2D eigenvalue weighted by Crippen LogP contribution is -2.44. The van der Waals surface area contributed by atoms with Gasteiger partial charge in [-0.2, -0.15) is 0 Å². The normalized spacial score (nSPS) is 44.2. The summed E-state index contributed by atoms with van der Waals surface area (Å²) in [5.74, 6) is 0.890. The van der Waals surface area contributed by atoms with E-state index in [1.807, 2.05) is 0 Å². The first-order valence-corrected chi connectivity index (χ1v) is 11.7. The van der Waals surface area contributed by atoms with Gasteiger partial charge in [-0.25, -0.2) is 0 Å². The molecule has 2 saturated heterocycles. The molecule has 2 saturated carbocycles. The molecule has 0 spiro atoms. The van der Waals surface area contributed by atoms with Gasteiger partial charge >= 0.3 is 0 Å². The summed E-state index contributed by atoms with van der Waals surface area (Å²) in [6.45, 7) is 9.61. The van der Waals surface area contributed by atoms with Crippen LogP contribution in [0.1, 0.15) is 104 Å². The number of hydrogen-bond acceptors (Lipinski definition) is 2. The molecule has 2 heterocycles. The van der Waals surface area contributed by atoms with Crippen molar-refractivity contribution in [1.82, 2.24) is 0 Å². The Hall–Kier alpha value is -0.0800. The fourth-order valence-corrected chi connectivity index (χ4v) is 7.56. The molecule has 0 N–H and O–H groups in total. The number of ether oxygens (including phenoxy) is 2. The van der Waals surface area contributed by atoms with Gasteiger partial charge in [0, 0.05) is 18.6 Å². The van der Waals surface area contributed by atoms with Crippen LogP contribution in [0.5, 0.6) is 0 Å². The van der Waals surface area contributed by atoms with E-state index in [2.05, 4.69) is 20.8 Å². The Morgan fingerprint density at radius 1 is 0.808 bits per heavy atom. The molecule has 26 heavy (non-hydrogen) atoms. The van der Waals surface area contributed by atoms with Crippen molar-refractivity contribution in [3.8, 4) is 0 Å². The van der Waals surface area contributed by atoms with E-state index >= 15 is 0 Å². The summed E-state index contributed by atoms with van der Waals surface area (Å²) in [7, 11) is 0. The maximum Gasteiger partial charge on any atom is 0.0637 e. The van der Waals surface area contributed by atoms with Gasteiger partial charge in [0.05, 0.1) is 12.2 Å². The SMILES string of the molecule is CC[C@@]12CCO[C@H]1CCC(CC(C)(C)[C@@]13CCCCC[C@H]1OCC3)CC2. The summed E-state index contributed by atoms with van der Waals surface area (Å²) in [5.41, 5.74) is 1.37. The van der Waals surface area contributed by atoms with Crippen molar-refractivity contribution >= 4 is 0 Å². The molecule has 0 bridgehead atoms. The zero-order chi connectivity index (χ0) is 18.3. The lowest BCUT2D eigenvalue weighted by atomic mass is 9.56. The second kappa shape index (κ2) is 7.39. The second-order valence-electron chi connectivity index (χ2n) is 10.8. The summed E-state index contributed by atoms with van der Waals surface area (Å²) in [6.07, 6.45) is 18.9. The minimum atomic E-state index is 0.406. The van der Waals surface area contributed by atoms with Crippen LogP contribution in [0.15, 0.2) is 0 Å². The summed E-state index contributed by atoms with van der Waals surface area (Å²) in [6, 6.07) is 0. The van der Waals surface area contributed by atoms with E-state index in [-0.39, 0.29) is 0 Å². The first-order chi connectivity index (χ1) is 12.5. The van der Waals surface area contributed by atoms with Gasteiger partial charge in [0.1, 0.15) is 0 Å². The first kappa shape index (κ1) is 19.2. The summed E-state index contributed by atoms with van der Waals surface area (Å²) in [5, 5.41) is 0. The van der Waals surface area contributed by atoms with Crippen LogP contribution in [0.2, 0.25) is 0 Å². The van der Waals surface area contributed by atoms with Crippen LogP contribution < -0.4 is 0 Å². The average Bonchev–Trinajstić information content (AvgIpc) is 3.12. The van der Waals surface area contributed by atoms with E-state index < -0.39 is 0 Å². The van der Waals surface area contributed by atoms with E-state index in [0.717, 1.165) is 19.1 Å². The Bertz CT molecular complexity index is 487. The molecule has 0 radical (unpaired) electrons. The smallest absolute Gasteiger partial charge is 0.0637 e. The standard InChI is InChI=1S/C24H42O2/c1-4-23-13-11-19(9-10-20(23)25-16-14-23)18-22(2,3)24-12-7-5-6-8-21(24)26-17-15-24/h19-21H,4-18H2,1-3H3/t19?,20-,21+,23+,24+/m0/s1. The van der Waals surface area contributed by atoms with Gasteiger partial charge in [-0.05, 0) is 81.0 Å². The lowest BCUT2D eigenvalue weighted by molar-refractivity contribution is -0.0420. The molecule has 4 fully saturated rings. The van der Waals surface area contributed by atoms with Crippen LogP contribution >= 0.6 is 0 Å². The molecule has 5 atom stereocenters. The van der Waals surface area contributed by atoms with Crippen LogP contribution in [0.4, 0.5) is 0 Å². The highest BCUT2D eigenvalue weighted by molar-refractivity contribution is 5.03. The molecular formula is C24H42O2. The highest BCUT2D eigenvalue weighted by Gasteiger charge is 2.54. The Balaban J connectivity index is 1.47. The van der Waals surface area contributed by atoms with E-state index in [4.69, 9.17) is 9.47 Å². The van der Waals surface area contributed by atoms with E-state index in [1.165, 1.54) is 83.5 Å². The molecule has 4 aliphatic rings. The van der Waals surface area contributed by atoms with Gasteiger partial charge in [-0.15, -0.1) is 0 Å². The van der Waals surface area contributed by atoms with Crippen molar-refractivity contribution in [2.45, 2.75) is 116 Å². The van der Waals surface area contributed by atoms with Crippen molar-refractivity contribution in [2.75, 3.05) is 13.2 Å². The Morgan fingerprint density at radius 3 is 2.46 bits per heavy atom. The highest BCUT2D eigenvalue weighted by atomic mass is 16.5. The molecule has 1 unspecified atom stereocenters. The summed E-state index contributed by atoms with van der Waals surface area (Å²) >= 11 is 0. The maximum absolute atomic E-state index is 6.31. The van der Waals surface area contributed by atoms with Crippen LogP contribution in [-0.4, -0.2) is 25.4 Å². The molecular weight excluding hydrogens is 320 g/mol. The third-order valence-corrected chi connectivity index (χ3v) is 9.41. The van der Waals surface area contributed by atoms with Crippen molar-refractivity contribution in [1.29, 1.82) is 0 Å². The minimum Gasteiger partial charge on any atom is -0.378 e. The fourth-order valence-electron chi connectivity index (χ4n) is 7.56. The van der Waals surface area contributed by atoms with E-state index in [1.54, 1.807) is 0 Å². The molecule has 0 amide bonds. The third kappa shape index (κ3) is 3.17. The molecule has 2 nitrogen and oxygen atoms in total. The molecule has 150 valence electrons. The second-order valence-corrected chi connectivity index (χ2v) is 10.8. The number of fused-ring (bicyclic) bond motifs is 2. The molecule has 2 heteroatoms. The Kier molecular flexibility index (Phi) is 5.47. The molecule has 4 rings (SSSR count). The zero-order valence-electron chi connectivity index (χ0n) is 17.7. The predicted molar refractivity (Wildman–Crippen MR) is 107 cm³/mol. The maximum atomic E-state index is 6.31. The minimum absolute atomic E-state index is 0.406. The quantitative estimate of drug-likeness (QED) is 0.567. The van der Waals surface area contributed by atoms with Crippen LogP contribution in [0.25, 0.3) is 0 Å². The average molecular weight is 363 g/mol. The lowest BCUT2D eigenvalue weighted by Gasteiger charge is -2.48. The largest absolute Gasteiger partial charge is 0.378 e. The van der Waals surface area contributed by atoms with Crippen molar-refractivity contribution in [2.24, 2.45) is 22.2 Å². The van der Waals surface area contributed by atoms with E-state index in [9.17, 15) is 0 Å². The van der Waals surface area contributed by atoms with Gasteiger partial charge in [0.15, 0.2) is 0 Å². The molecule has 0 aromatic heterocycles. The van der Waals surface area contributed by atoms with Crippen LogP contribution in [-0.2, 0) is 9.47 Å². The van der Waals surface area contributed by atoms with Gasteiger partial charge in [0.2, 0.25) is 0 Å². The van der Waals surface area contributed by atoms with Gasteiger partial charge in [0.25, 0.3) is 0 Å².